The molecular formula is C116H130FN15O10. The Morgan fingerprint density at radius 2 is 0.690 bits per heavy atom. The van der Waals surface area contributed by atoms with Gasteiger partial charge in [0.25, 0.3) is 0 Å². The Labute approximate surface area is 828 Å². The number of ketones is 1. The number of ether oxygens (including phenoxy) is 1. The van der Waals surface area contributed by atoms with Crippen LogP contribution in [0.4, 0.5) is 35.8 Å². The van der Waals surface area contributed by atoms with Crippen LogP contribution in [0, 0.1) is 112 Å². The average Bonchev–Trinajstić information content (AvgIpc) is 1.12. The van der Waals surface area contributed by atoms with Crippen LogP contribution >= 0.6 is 0 Å². The van der Waals surface area contributed by atoms with E-state index in [0.717, 1.165) is 156 Å². The molecule has 6 amide bonds. The van der Waals surface area contributed by atoms with Gasteiger partial charge in [0.2, 0.25) is 0 Å². The van der Waals surface area contributed by atoms with Crippen molar-refractivity contribution in [2.24, 2.45) is 94.7 Å². The van der Waals surface area contributed by atoms with Crippen LogP contribution in [0.15, 0.2) is 220 Å². The number of aliphatic hydroxyl groups excluding tert-OH is 5. The van der Waals surface area contributed by atoms with Crippen molar-refractivity contribution < 1.29 is 53.8 Å². The molecule has 0 saturated heterocycles. The van der Waals surface area contributed by atoms with E-state index in [1.807, 2.05) is 74.4 Å². The minimum Gasteiger partial charge on any atom is -0.396 e. The van der Waals surface area contributed by atoms with E-state index in [1.165, 1.54) is 81.6 Å². The lowest BCUT2D eigenvalue weighted by Gasteiger charge is -2.61. The monoisotopic (exact) mass is 1910 g/mol. The summed E-state index contributed by atoms with van der Waals surface area (Å²) in [6.45, 7) is 2.45. The molecule has 7 aromatic carbocycles. The number of imidazole rings is 4. The van der Waals surface area contributed by atoms with Crippen molar-refractivity contribution in [3.8, 4) is 51.1 Å². The topological polar surface area (TPSA) is 346 Å². The van der Waals surface area contributed by atoms with Crippen LogP contribution in [0.2, 0.25) is 0 Å². The molecule has 16 unspecified atom stereocenters. The molecule has 16 fully saturated rings. The number of nitriles is 1. The van der Waals surface area contributed by atoms with E-state index >= 15 is 0 Å². The lowest BCUT2D eigenvalue weighted by atomic mass is 9.48. The maximum atomic E-state index is 13.2. The number of rotatable bonds is 24. The molecule has 0 radical (unpaired) electrons. The zero-order chi connectivity index (χ0) is 96.6. The van der Waals surface area contributed by atoms with Gasteiger partial charge in [0.05, 0.1) is 139 Å². The van der Waals surface area contributed by atoms with Crippen molar-refractivity contribution >= 4 is 40.9 Å². The molecule has 26 heteroatoms. The lowest BCUT2D eigenvalue weighted by Crippen LogP contribution is -2.64. The molecule has 4 aliphatic heterocycles. The SMILES string of the molecule is CC(=O)Cc1ccc(NC(=O)NC23CC4CC(C2)C(C(O)CC2c5ccccc5-c5cncn52)C(C4)C3)cc1.N#Cc1ccc(NC(=O)NC23CC4CC(C2)C(C(O)CC2c5ccccc5-c5cncn52)C(C4)C3)cc1.O=C(Nc1ccc(F)cc1)NC12CC3CC(C1)C(C(O)CC1c4ccccc4-c4cncn41)C(C3)C2.OCCCOC12CC3CC(C1)C(C(O)CC1c4ccccc4-c4cncn41)C(C3)C2. The highest BCUT2D eigenvalue weighted by atomic mass is 19.1. The van der Waals surface area contributed by atoms with Crippen LogP contribution in [0.5, 0.6) is 0 Å². The van der Waals surface area contributed by atoms with E-state index in [0.29, 0.717) is 120 Å². The average molecular weight is 1910 g/mol. The Balaban J connectivity index is 0.000000103. The number of halogens is 1. The number of benzene rings is 7. The van der Waals surface area contributed by atoms with Gasteiger partial charge in [-0.05, 0) is 351 Å². The van der Waals surface area contributed by atoms with Crippen molar-refractivity contribution in [2.75, 3.05) is 29.2 Å². The van der Waals surface area contributed by atoms with E-state index in [2.05, 4.69) is 173 Å². The molecule has 4 aromatic heterocycles. The zero-order valence-corrected chi connectivity index (χ0v) is 80.6. The van der Waals surface area contributed by atoms with Gasteiger partial charge in [-0.1, -0.05) is 109 Å². The lowest BCUT2D eigenvalue weighted by molar-refractivity contribution is -0.199. The number of carbonyl (C=O) groups excluding carboxylic acids is 4. The summed E-state index contributed by atoms with van der Waals surface area (Å²) in [6.07, 6.45) is 39.2. The summed E-state index contributed by atoms with van der Waals surface area (Å²) in [5.41, 5.74) is 17.6. The minimum atomic E-state index is -0.392. The third-order valence-corrected chi connectivity index (χ3v) is 37.2. The predicted molar refractivity (Wildman–Crippen MR) is 537 cm³/mol. The molecule has 0 spiro atoms. The third kappa shape index (κ3) is 17.4. The van der Waals surface area contributed by atoms with Gasteiger partial charge < -0.3 is 80.4 Å². The fourth-order valence-electron chi connectivity index (χ4n) is 33.3. The second kappa shape index (κ2) is 37.3. The highest BCUT2D eigenvalue weighted by Gasteiger charge is 2.63. The van der Waals surface area contributed by atoms with Crippen LogP contribution in [0.25, 0.3) is 45.0 Å². The van der Waals surface area contributed by atoms with Crippen molar-refractivity contribution in [1.82, 2.24) is 54.2 Å². The van der Waals surface area contributed by atoms with Crippen LogP contribution in [0.3, 0.4) is 0 Å². The standard InChI is InChI=1S/C32H36N4O3.C30H31N5O2.C29H31FN4O2.C25H32N2O3/c1-19(37)10-20-6-8-24(9-7-20)34-31(39)35-32-14-21-11-22(15-32)30(23(12-21)16-32)29(38)13-27-25-4-2-3-5-26(25)28-17-33-18-36(27)28;31-15-18-5-7-22(8-6-18)33-29(37)34-30-12-19-9-20(13-30)28(21(10-19)14-30)27(36)11-25-23-3-1-2-4-24(23)26-16-32-17-35(25)26;30-20-5-7-21(8-6-20)32-28(36)33-29-12-17-9-18(13-29)27(19(10-17)14-29)26(35)11-24-22-3-1-2-4-23(22)25-15-31-16-34(24)25;28-6-3-7-30-25-11-16-8-17(12-25)24(18(9-16)13-25)23(29)10-21-19-4-1-2-5-20(19)22-14-26-15-27(21)22/h2-9,17-18,21-23,27,29-30,38H,10-16H2,1H3,(H2,34,35,39);1-8,16-17,19-21,25,27-28,36H,9-14H2,(H2,33,34,37);1-8,15-19,24,26-27,35H,9-14H2,(H2,32,33,36);1-2,4-5,14-18,21,23-24,28-29H,3,6-13H2. The van der Waals surface area contributed by atoms with E-state index in [9.17, 15) is 44.0 Å². The number of Topliss-reactive ketones (excluding diaryl/α,β-unsaturated/α-hetero) is 1. The molecule has 11 aromatic rings. The first-order valence-electron chi connectivity index (χ1n) is 52.6. The Bertz CT molecular complexity index is 6520. The van der Waals surface area contributed by atoms with E-state index in [4.69, 9.17) is 15.1 Å². The van der Waals surface area contributed by atoms with Crippen molar-refractivity contribution in [2.45, 2.75) is 245 Å². The second-order valence-corrected chi connectivity index (χ2v) is 46.0. The molecule has 8 heterocycles. The summed E-state index contributed by atoms with van der Waals surface area (Å²) in [7, 11) is 0. The maximum absolute atomic E-state index is 13.2. The van der Waals surface area contributed by atoms with Crippen LogP contribution in [0.1, 0.15) is 225 Å². The van der Waals surface area contributed by atoms with Gasteiger partial charge in [-0.2, -0.15) is 5.26 Å². The molecule has 25 nitrogen and oxygen atoms in total. The number of amides is 6. The second-order valence-electron chi connectivity index (χ2n) is 46.0. The van der Waals surface area contributed by atoms with Gasteiger partial charge in [0, 0.05) is 75.6 Å². The summed E-state index contributed by atoms with van der Waals surface area (Å²) in [6, 6.07) is 56.4. The van der Waals surface area contributed by atoms with E-state index in [-0.39, 0.29) is 119 Å². The molecule has 16 bridgehead atoms. The Morgan fingerprint density at radius 1 is 0.401 bits per heavy atom. The molecule has 736 valence electrons. The summed E-state index contributed by atoms with van der Waals surface area (Å²) in [5, 5.41) is 83.5. The highest BCUT2D eigenvalue weighted by molar-refractivity contribution is 5.91. The maximum Gasteiger partial charge on any atom is 0.319 e. The van der Waals surface area contributed by atoms with E-state index < -0.39 is 6.10 Å². The number of nitrogens with zero attached hydrogens (tertiary/aromatic N) is 9. The number of aliphatic hydroxyl groups is 5. The largest absolute Gasteiger partial charge is 0.396 e. The number of carbonyl (C=O) groups is 4. The van der Waals surface area contributed by atoms with Crippen LogP contribution < -0.4 is 31.9 Å². The Kier molecular flexibility index (Phi) is 24.3. The van der Waals surface area contributed by atoms with Gasteiger partial charge in [-0.15, -0.1) is 0 Å². The van der Waals surface area contributed by atoms with Gasteiger partial charge >= 0.3 is 18.1 Å². The molecule has 142 heavy (non-hydrogen) atoms. The van der Waals surface area contributed by atoms with Gasteiger partial charge in [-0.25, -0.2) is 38.7 Å². The number of nitrogens with one attached hydrogen (secondary N) is 6. The molecule has 11 N–H and O–H groups in total. The quantitative estimate of drug-likeness (QED) is 0.0250. The Morgan fingerprint density at radius 3 is 0.993 bits per heavy atom. The van der Waals surface area contributed by atoms with Crippen molar-refractivity contribution in [3.63, 3.8) is 0 Å². The smallest absolute Gasteiger partial charge is 0.319 e. The van der Waals surface area contributed by atoms with Crippen molar-refractivity contribution in [1.29, 1.82) is 5.26 Å². The van der Waals surface area contributed by atoms with Crippen LogP contribution in [-0.2, 0) is 16.0 Å². The summed E-state index contributed by atoms with van der Waals surface area (Å²) in [4.78, 5) is 67.8. The summed E-state index contributed by atoms with van der Waals surface area (Å²) >= 11 is 0. The molecule has 16 atom stereocenters. The number of hydrogen-bond donors (Lipinski definition) is 11. The predicted octanol–water partition coefficient (Wildman–Crippen LogP) is 19.6. The summed E-state index contributed by atoms with van der Waals surface area (Å²) < 4.78 is 28.5. The van der Waals surface area contributed by atoms with Crippen molar-refractivity contribution in [3.05, 3.63) is 259 Å². The normalized spacial score (nSPS) is 32.4. The number of urea groups is 3. The van der Waals surface area contributed by atoms with Crippen LogP contribution in [-0.4, -0.2) is 147 Å². The zero-order valence-electron chi connectivity index (χ0n) is 80.6. The summed E-state index contributed by atoms with van der Waals surface area (Å²) in [5.74, 6) is 7.25. The van der Waals surface area contributed by atoms with Gasteiger partial charge in [0.15, 0.2) is 0 Å². The first-order valence-corrected chi connectivity index (χ1v) is 52.6. The van der Waals surface area contributed by atoms with Gasteiger partial charge in [0.1, 0.15) is 11.6 Å². The number of aromatic nitrogens is 8. The third-order valence-electron chi connectivity index (χ3n) is 37.2. The fraction of sp³-hybridized carbons (Fsp3) is 0.491. The molecule has 16 aliphatic carbocycles. The minimum absolute atomic E-state index is 0.0133. The number of anilines is 3. The highest BCUT2D eigenvalue weighted by Crippen LogP contribution is 2.66. The fourth-order valence-corrected chi connectivity index (χ4v) is 33.3. The molecular weight excluding hydrogens is 1780 g/mol. The molecule has 20 aliphatic rings. The first kappa shape index (κ1) is 92.5. The van der Waals surface area contributed by atoms with Gasteiger partial charge in [-0.3, -0.25) is 4.79 Å². The number of fused-ring (bicyclic) bond motifs is 12. The Hall–Kier alpha value is -12.0. The number of hydrogen-bond acceptors (Lipinski definition) is 15. The molecule has 16 saturated carbocycles. The van der Waals surface area contributed by atoms with E-state index in [1.54, 1.807) is 43.3 Å². The first-order chi connectivity index (χ1) is 69.0. The molecule has 31 rings (SSSR count).